The van der Waals surface area contributed by atoms with Crippen LogP contribution in [-0.2, 0) is 10.5 Å². The molecular formula is C10H15NO3S. The van der Waals surface area contributed by atoms with Gasteiger partial charge in [-0.3, -0.25) is 4.79 Å². The number of carboxylic acid groups (broad SMARTS) is 1. The molecule has 1 aromatic heterocycles. The van der Waals surface area contributed by atoms with Crippen molar-refractivity contribution in [3.05, 3.63) is 23.7 Å². The van der Waals surface area contributed by atoms with Gasteiger partial charge in [0, 0.05) is 5.75 Å². The van der Waals surface area contributed by atoms with Crippen molar-refractivity contribution < 1.29 is 14.3 Å². The quantitative estimate of drug-likeness (QED) is 0.802. The molecule has 0 saturated carbocycles. The van der Waals surface area contributed by atoms with Crippen LogP contribution in [0.15, 0.2) is 16.7 Å². The summed E-state index contributed by atoms with van der Waals surface area (Å²) in [7, 11) is 0. The van der Waals surface area contributed by atoms with Crippen LogP contribution in [0.3, 0.4) is 0 Å². The van der Waals surface area contributed by atoms with Crippen LogP contribution >= 0.6 is 11.8 Å². The van der Waals surface area contributed by atoms with Crippen molar-refractivity contribution in [2.75, 3.05) is 5.75 Å². The summed E-state index contributed by atoms with van der Waals surface area (Å²) in [6.45, 7) is 3.47. The molecule has 1 unspecified atom stereocenters. The summed E-state index contributed by atoms with van der Waals surface area (Å²) in [5.41, 5.74) is 5.49. The van der Waals surface area contributed by atoms with Gasteiger partial charge in [-0.05, 0) is 25.5 Å². The van der Waals surface area contributed by atoms with Crippen molar-refractivity contribution in [2.45, 2.75) is 25.1 Å². The summed E-state index contributed by atoms with van der Waals surface area (Å²) in [5, 5.41) is 8.79. The Balaban J connectivity index is 2.40. The van der Waals surface area contributed by atoms with Gasteiger partial charge in [0.2, 0.25) is 0 Å². The minimum atomic E-state index is -1.18. The topological polar surface area (TPSA) is 76.5 Å². The van der Waals surface area contributed by atoms with Crippen LogP contribution in [-0.4, -0.2) is 22.4 Å². The van der Waals surface area contributed by atoms with Gasteiger partial charge >= 0.3 is 5.97 Å². The van der Waals surface area contributed by atoms with Crippen molar-refractivity contribution in [1.29, 1.82) is 0 Å². The zero-order chi connectivity index (χ0) is 11.5. The number of hydrogen-bond donors (Lipinski definition) is 2. The van der Waals surface area contributed by atoms with Gasteiger partial charge in [-0.25, -0.2) is 0 Å². The van der Waals surface area contributed by atoms with Crippen LogP contribution in [0, 0.1) is 6.92 Å². The summed E-state index contributed by atoms with van der Waals surface area (Å²) in [5.74, 6) is 0.911. The second-order valence-electron chi connectivity index (χ2n) is 3.74. The molecule has 15 heavy (non-hydrogen) atoms. The molecular weight excluding hydrogens is 214 g/mol. The molecule has 0 radical (unpaired) electrons. The lowest BCUT2D eigenvalue weighted by Crippen LogP contribution is -2.47. The van der Waals surface area contributed by atoms with Crippen molar-refractivity contribution in [3.8, 4) is 0 Å². The molecule has 0 aliphatic rings. The van der Waals surface area contributed by atoms with Crippen LogP contribution < -0.4 is 5.73 Å². The average molecular weight is 229 g/mol. The van der Waals surface area contributed by atoms with E-state index in [1.165, 1.54) is 18.7 Å². The van der Waals surface area contributed by atoms with Crippen molar-refractivity contribution in [2.24, 2.45) is 5.73 Å². The van der Waals surface area contributed by atoms with E-state index in [-0.39, 0.29) is 0 Å². The van der Waals surface area contributed by atoms with Crippen LogP contribution in [0.25, 0.3) is 0 Å². The lowest BCUT2D eigenvalue weighted by atomic mass is 10.1. The molecule has 0 bridgehead atoms. The first-order valence-electron chi connectivity index (χ1n) is 4.56. The Morgan fingerprint density at radius 1 is 1.73 bits per heavy atom. The van der Waals surface area contributed by atoms with Crippen LogP contribution in [0.5, 0.6) is 0 Å². The lowest BCUT2D eigenvalue weighted by Gasteiger charge is -2.17. The molecule has 1 atom stereocenters. The molecule has 5 heteroatoms. The van der Waals surface area contributed by atoms with E-state index in [1.807, 2.05) is 13.0 Å². The number of carbonyl (C=O) groups is 1. The third kappa shape index (κ3) is 3.28. The maximum atomic E-state index is 10.7. The Labute approximate surface area is 92.8 Å². The standard InChI is InChI=1S/C10H15NO3S/c1-7-3-4-14-8(7)5-15-6-10(2,11)9(12)13/h3-4H,5-6,11H2,1-2H3,(H,12,13). The van der Waals surface area contributed by atoms with E-state index in [9.17, 15) is 4.79 Å². The van der Waals surface area contributed by atoms with Gasteiger partial charge in [-0.15, -0.1) is 0 Å². The maximum Gasteiger partial charge on any atom is 0.324 e. The Morgan fingerprint density at radius 3 is 2.87 bits per heavy atom. The minimum Gasteiger partial charge on any atom is -0.480 e. The number of furan rings is 1. The highest BCUT2D eigenvalue weighted by molar-refractivity contribution is 7.98. The number of thioether (sulfide) groups is 1. The third-order valence-corrected chi connectivity index (χ3v) is 3.36. The first kappa shape index (κ1) is 12.1. The molecule has 1 aromatic rings. The predicted octanol–water partition coefficient (Wildman–Crippen LogP) is 1.62. The Kier molecular flexibility index (Phi) is 3.82. The minimum absolute atomic E-state index is 0.364. The highest BCUT2D eigenvalue weighted by Crippen LogP contribution is 2.19. The molecule has 0 spiro atoms. The number of aryl methyl sites for hydroxylation is 1. The summed E-state index contributed by atoms with van der Waals surface area (Å²) < 4.78 is 5.23. The van der Waals surface area contributed by atoms with Gasteiger partial charge in [-0.1, -0.05) is 0 Å². The average Bonchev–Trinajstić information content (AvgIpc) is 2.51. The molecule has 0 amide bonds. The zero-order valence-corrected chi connectivity index (χ0v) is 9.63. The predicted molar refractivity (Wildman–Crippen MR) is 59.8 cm³/mol. The monoisotopic (exact) mass is 229 g/mol. The van der Waals surface area contributed by atoms with Crippen molar-refractivity contribution in [1.82, 2.24) is 0 Å². The maximum absolute atomic E-state index is 10.7. The number of nitrogens with two attached hydrogens (primary N) is 1. The smallest absolute Gasteiger partial charge is 0.324 e. The molecule has 0 aliphatic heterocycles. The number of aliphatic carboxylic acids is 1. The molecule has 1 heterocycles. The second kappa shape index (κ2) is 4.72. The van der Waals surface area contributed by atoms with E-state index < -0.39 is 11.5 Å². The summed E-state index contributed by atoms with van der Waals surface area (Å²) in [6.07, 6.45) is 1.63. The largest absolute Gasteiger partial charge is 0.480 e. The zero-order valence-electron chi connectivity index (χ0n) is 8.82. The Bertz CT molecular complexity index is 346. The van der Waals surface area contributed by atoms with Gasteiger partial charge in [0.15, 0.2) is 0 Å². The SMILES string of the molecule is Cc1ccoc1CSCC(C)(N)C(=O)O. The fraction of sp³-hybridized carbons (Fsp3) is 0.500. The van der Waals surface area contributed by atoms with E-state index in [2.05, 4.69) is 0 Å². The van der Waals surface area contributed by atoms with E-state index in [0.29, 0.717) is 11.5 Å². The van der Waals surface area contributed by atoms with Gasteiger partial charge in [0.05, 0.1) is 12.0 Å². The first-order chi connectivity index (χ1) is 6.93. The highest BCUT2D eigenvalue weighted by atomic mass is 32.2. The van der Waals surface area contributed by atoms with Crippen LogP contribution in [0.1, 0.15) is 18.2 Å². The van der Waals surface area contributed by atoms with Crippen LogP contribution in [0.4, 0.5) is 0 Å². The van der Waals surface area contributed by atoms with Gasteiger partial charge < -0.3 is 15.3 Å². The summed E-state index contributed by atoms with van der Waals surface area (Å²) in [4.78, 5) is 10.7. The molecule has 0 aromatic carbocycles. The van der Waals surface area contributed by atoms with E-state index in [4.69, 9.17) is 15.3 Å². The Hall–Kier alpha value is -0.940. The molecule has 0 fully saturated rings. The summed E-state index contributed by atoms with van der Waals surface area (Å²) in [6, 6.07) is 1.88. The van der Waals surface area contributed by atoms with Gasteiger partial charge in [-0.2, -0.15) is 11.8 Å². The molecule has 4 nitrogen and oxygen atoms in total. The number of carboxylic acids is 1. The van der Waals surface area contributed by atoms with Crippen molar-refractivity contribution >= 4 is 17.7 Å². The van der Waals surface area contributed by atoms with E-state index in [0.717, 1.165) is 11.3 Å². The first-order valence-corrected chi connectivity index (χ1v) is 5.72. The Morgan fingerprint density at radius 2 is 2.40 bits per heavy atom. The number of hydrogen-bond acceptors (Lipinski definition) is 4. The normalized spacial score (nSPS) is 14.9. The molecule has 1 rings (SSSR count). The number of rotatable bonds is 5. The second-order valence-corrected chi connectivity index (χ2v) is 4.73. The fourth-order valence-electron chi connectivity index (χ4n) is 0.969. The molecule has 0 aliphatic carbocycles. The van der Waals surface area contributed by atoms with E-state index >= 15 is 0 Å². The van der Waals surface area contributed by atoms with Gasteiger partial charge in [0.1, 0.15) is 11.3 Å². The summed E-state index contributed by atoms with van der Waals surface area (Å²) >= 11 is 1.46. The van der Waals surface area contributed by atoms with Crippen molar-refractivity contribution in [3.63, 3.8) is 0 Å². The molecule has 3 N–H and O–H groups in total. The van der Waals surface area contributed by atoms with Gasteiger partial charge in [0.25, 0.3) is 0 Å². The fourth-order valence-corrected chi connectivity index (χ4v) is 2.10. The highest BCUT2D eigenvalue weighted by Gasteiger charge is 2.27. The third-order valence-electron chi connectivity index (χ3n) is 2.09. The molecule has 0 saturated heterocycles. The van der Waals surface area contributed by atoms with Crippen LogP contribution in [0.2, 0.25) is 0 Å². The lowest BCUT2D eigenvalue weighted by molar-refractivity contribution is -0.141. The molecule has 84 valence electrons. The van der Waals surface area contributed by atoms with E-state index in [1.54, 1.807) is 6.26 Å².